The molecule has 0 aliphatic carbocycles. The Morgan fingerprint density at radius 3 is 3.15 bits per heavy atom. The fraction of sp³-hybridized carbons (Fsp3) is 0.375. The van der Waals surface area contributed by atoms with Gasteiger partial charge in [-0.3, -0.25) is 4.79 Å². The number of thioether (sulfide) groups is 1. The van der Waals surface area contributed by atoms with Crippen molar-refractivity contribution in [3.05, 3.63) is 27.4 Å². The number of aromatic amines is 1. The van der Waals surface area contributed by atoms with Crippen LogP contribution in [-0.4, -0.2) is 22.0 Å². The number of rotatable bonds is 1. The zero-order valence-electron chi connectivity index (χ0n) is 6.87. The quantitative estimate of drug-likeness (QED) is 0.659. The molecule has 0 fully saturated rings. The number of nitrogens with one attached hydrogen (secondary N) is 1. The first-order valence-electron chi connectivity index (χ1n) is 3.96. The Kier molecular flexibility index (Phi) is 2.18. The van der Waals surface area contributed by atoms with Gasteiger partial charge in [0.25, 0.3) is 0 Å². The van der Waals surface area contributed by atoms with Crippen molar-refractivity contribution in [3.8, 4) is 0 Å². The van der Waals surface area contributed by atoms with E-state index in [2.05, 4.69) is 9.97 Å². The van der Waals surface area contributed by atoms with E-state index in [1.165, 1.54) is 0 Å². The molecule has 1 aliphatic heterocycles. The van der Waals surface area contributed by atoms with E-state index in [1.54, 1.807) is 11.8 Å². The normalized spacial score (nSPS) is 15.1. The van der Waals surface area contributed by atoms with Crippen LogP contribution in [0.2, 0.25) is 0 Å². The number of carbonyl (C=O) groups excluding carboxylic acids is 1. The molecular formula is C8H8N2O2S. The maximum Gasteiger partial charge on any atom is 0.345 e. The Morgan fingerprint density at radius 1 is 1.54 bits per heavy atom. The number of aldehydes is 1. The van der Waals surface area contributed by atoms with Gasteiger partial charge in [-0.1, -0.05) is 0 Å². The number of hydrogen-bond donors (Lipinski definition) is 1. The van der Waals surface area contributed by atoms with Crippen molar-refractivity contribution >= 4 is 18.0 Å². The van der Waals surface area contributed by atoms with Crippen molar-refractivity contribution in [1.29, 1.82) is 0 Å². The van der Waals surface area contributed by atoms with Crippen molar-refractivity contribution < 1.29 is 4.79 Å². The molecule has 68 valence electrons. The summed E-state index contributed by atoms with van der Waals surface area (Å²) >= 11 is 1.75. The zero-order chi connectivity index (χ0) is 9.26. The van der Waals surface area contributed by atoms with E-state index >= 15 is 0 Å². The van der Waals surface area contributed by atoms with E-state index in [1.807, 2.05) is 0 Å². The molecule has 2 rings (SSSR count). The third-order valence-corrected chi connectivity index (χ3v) is 2.99. The van der Waals surface area contributed by atoms with Crippen LogP contribution in [0.3, 0.4) is 0 Å². The standard InChI is InChI=1S/C8H8N2O2S/c11-3-7-5-4-13-2-1-6(5)9-8(12)10-7/h3H,1-2,4H2,(H,9,10,12). The SMILES string of the molecule is O=Cc1nc(=O)[nH]c2c1CSCC2. The number of aromatic nitrogens is 2. The third kappa shape index (κ3) is 1.51. The lowest BCUT2D eigenvalue weighted by molar-refractivity contribution is 0.111. The van der Waals surface area contributed by atoms with Crippen molar-refractivity contribution in [2.45, 2.75) is 12.2 Å². The lowest BCUT2D eigenvalue weighted by Gasteiger charge is -2.14. The number of hydrogen-bond acceptors (Lipinski definition) is 4. The van der Waals surface area contributed by atoms with Gasteiger partial charge in [-0.25, -0.2) is 4.79 Å². The summed E-state index contributed by atoms with van der Waals surface area (Å²) in [5, 5.41) is 0. The summed E-state index contributed by atoms with van der Waals surface area (Å²) in [5.74, 6) is 1.76. The van der Waals surface area contributed by atoms with Crippen LogP contribution in [0.25, 0.3) is 0 Å². The minimum Gasteiger partial charge on any atom is -0.309 e. The highest BCUT2D eigenvalue weighted by Crippen LogP contribution is 2.23. The van der Waals surface area contributed by atoms with E-state index < -0.39 is 5.69 Å². The summed E-state index contributed by atoms with van der Waals surface area (Å²) in [7, 11) is 0. The first-order chi connectivity index (χ1) is 6.31. The number of nitrogens with zero attached hydrogens (tertiary/aromatic N) is 1. The molecule has 0 saturated heterocycles. The summed E-state index contributed by atoms with van der Waals surface area (Å²) in [6.45, 7) is 0. The van der Waals surface area contributed by atoms with Crippen molar-refractivity contribution in [1.82, 2.24) is 9.97 Å². The van der Waals surface area contributed by atoms with Gasteiger partial charge >= 0.3 is 5.69 Å². The molecule has 0 spiro atoms. The molecule has 13 heavy (non-hydrogen) atoms. The zero-order valence-corrected chi connectivity index (χ0v) is 7.69. The predicted octanol–water partition coefficient (Wildman–Crippen LogP) is 0.372. The average molecular weight is 196 g/mol. The van der Waals surface area contributed by atoms with Gasteiger partial charge in [-0.2, -0.15) is 16.7 Å². The van der Waals surface area contributed by atoms with Gasteiger partial charge in [0, 0.05) is 17.0 Å². The highest BCUT2D eigenvalue weighted by atomic mass is 32.2. The molecule has 0 radical (unpaired) electrons. The van der Waals surface area contributed by atoms with E-state index in [4.69, 9.17) is 0 Å². The van der Waals surface area contributed by atoms with E-state index in [-0.39, 0.29) is 0 Å². The molecule has 0 unspecified atom stereocenters. The molecule has 0 bridgehead atoms. The molecule has 5 heteroatoms. The smallest absolute Gasteiger partial charge is 0.309 e. The largest absolute Gasteiger partial charge is 0.345 e. The molecule has 1 N–H and O–H groups in total. The lowest BCUT2D eigenvalue weighted by atomic mass is 10.1. The van der Waals surface area contributed by atoms with Gasteiger partial charge in [0.1, 0.15) is 5.69 Å². The molecule has 1 aromatic rings. The fourth-order valence-electron chi connectivity index (χ4n) is 1.38. The van der Waals surface area contributed by atoms with Crippen LogP contribution in [-0.2, 0) is 12.2 Å². The summed E-state index contributed by atoms with van der Waals surface area (Å²) in [5.41, 5.74) is 1.64. The van der Waals surface area contributed by atoms with E-state index in [9.17, 15) is 9.59 Å². The van der Waals surface area contributed by atoms with Crippen LogP contribution in [0.15, 0.2) is 4.79 Å². The Bertz CT molecular complexity index is 400. The first kappa shape index (κ1) is 8.50. The van der Waals surface area contributed by atoms with Gasteiger partial charge in [0.15, 0.2) is 6.29 Å². The molecule has 2 heterocycles. The minimum absolute atomic E-state index is 0.297. The molecule has 0 atom stereocenters. The van der Waals surface area contributed by atoms with Gasteiger partial charge in [0.2, 0.25) is 0 Å². The van der Waals surface area contributed by atoms with Crippen molar-refractivity contribution in [2.75, 3.05) is 5.75 Å². The Hall–Kier alpha value is -1.10. The third-order valence-electron chi connectivity index (χ3n) is 2.01. The Labute approximate surface area is 78.8 Å². The molecule has 0 aromatic carbocycles. The summed E-state index contributed by atoms with van der Waals surface area (Å²) in [6, 6.07) is 0. The van der Waals surface area contributed by atoms with Gasteiger partial charge in [0.05, 0.1) is 0 Å². The van der Waals surface area contributed by atoms with Crippen LogP contribution < -0.4 is 5.69 Å². The highest BCUT2D eigenvalue weighted by molar-refractivity contribution is 7.98. The van der Waals surface area contributed by atoms with E-state index in [0.717, 1.165) is 29.2 Å². The molecule has 1 aromatic heterocycles. The molecule has 0 amide bonds. The topological polar surface area (TPSA) is 62.8 Å². The maximum absolute atomic E-state index is 11.0. The summed E-state index contributed by atoms with van der Waals surface area (Å²) in [6.07, 6.45) is 1.47. The van der Waals surface area contributed by atoms with Crippen molar-refractivity contribution in [3.63, 3.8) is 0 Å². The second-order valence-electron chi connectivity index (χ2n) is 2.80. The van der Waals surface area contributed by atoms with Crippen LogP contribution in [0, 0.1) is 0 Å². The molecular weight excluding hydrogens is 188 g/mol. The maximum atomic E-state index is 11.0. The molecule has 1 aliphatic rings. The second-order valence-corrected chi connectivity index (χ2v) is 3.91. The lowest BCUT2D eigenvalue weighted by Crippen LogP contribution is -2.21. The second kappa shape index (κ2) is 3.33. The Morgan fingerprint density at radius 2 is 2.38 bits per heavy atom. The minimum atomic E-state index is -0.423. The summed E-state index contributed by atoms with van der Waals surface area (Å²) in [4.78, 5) is 27.9. The van der Waals surface area contributed by atoms with Crippen molar-refractivity contribution in [2.24, 2.45) is 0 Å². The van der Waals surface area contributed by atoms with Crippen LogP contribution in [0.5, 0.6) is 0 Å². The molecule has 0 saturated carbocycles. The fourth-order valence-corrected chi connectivity index (χ4v) is 2.40. The Balaban J connectivity index is 2.63. The van der Waals surface area contributed by atoms with Gasteiger partial charge in [-0.15, -0.1) is 0 Å². The van der Waals surface area contributed by atoms with Gasteiger partial charge in [-0.05, 0) is 12.2 Å². The highest BCUT2D eigenvalue weighted by Gasteiger charge is 2.15. The molecule has 4 nitrogen and oxygen atoms in total. The van der Waals surface area contributed by atoms with Crippen LogP contribution in [0.4, 0.5) is 0 Å². The average Bonchev–Trinajstić information content (AvgIpc) is 2.16. The van der Waals surface area contributed by atoms with E-state index in [0.29, 0.717) is 12.0 Å². The summed E-state index contributed by atoms with van der Waals surface area (Å²) < 4.78 is 0. The van der Waals surface area contributed by atoms with Crippen LogP contribution >= 0.6 is 11.8 Å². The predicted molar refractivity (Wildman–Crippen MR) is 50.1 cm³/mol. The van der Waals surface area contributed by atoms with Crippen LogP contribution in [0.1, 0.15) is 21.7 Å². The number of H-pyrrole nitrogens is 1. The monoisotopic (exact) mass is 196 g/mol. The number of aryl methyl sites for hydroxylation is 1. The number of fused-ring (bicyclic) bond motifs is 1. The number of carbonyl (C=O) groups is 1. The first-order valence-corrected chi connectivity index (χ1v) is 5.11. The van der Waals surface area contributed by atoms with Gasteiger partial charge < -0.3 is 4.98 Å².